The highest BCUT2D eigenvalue weighted by Crippen LogP contribution is 2.29. The van der Waals surface area contributed by atoms with Gasteiger partial charge < -0.3 is 14.8 Å². The van der Waals surface area contributed by atoms with E-state index < -0.39 is 0 Å². The Morgan fingerprint density at radius 1 is 1.19 bits per heavy atom. The number of nitrogens with zero attached hydrogens (tertiary/aromatic N) is 3. The molecule has 0 fully saturated rings. The third kappa shape index (κ3) is 5.71. The number of carbonyl (C=O) groups excluding carboxylic acids is 1. The van der Waals surface area contributed by atoms with Crippen LogP contribution in [0.3, 0.4) is 0 Å². The molecule has 0 spiro atoms. The van der Waals surface area contributed by atoms with Crippen LogP contribution in [0.25, 0.3) is 5.69 Å². The van der Waals surface area contributed by atoms with Crippen molar-refractivity contribution in [3.05, 3.63) is 58.9 Å². The lowest BCUT2D eigenvalue weighted by atomic mass is 10.2. The molecule has 2 aromatic carbocycles. The van der Waals surface area contributed by atoms with Crippen LogP contribution in [-0.4, -0.2) is 39.6 Å². The molecule has 1 amide bonds. The first-order chi connectivity index (χ1) is 14.9. The van der Waals surface area contributed by atoms with Gasteiger partial charge in [-0.15, -0.1) is 10.2 Å². The largest absolute Gasteiger partial charge is 0.497 e. The zero-order valence-electron chi connectivity index (χ0n) is 17.9. The molecular weight excluding hydrogens is 436 g/mol. The molecule has 0 aliphatic carbocycles. The van der Waals surface area contributed by atoms with Crippen molar-refractivity contribution in [1.29, 1.82) is 0 Å². The molecule has 7 nitrogen and oxygen atoms in total. The Bertz CT molecular complexity index is 1040. The standard InChI is InChI=1S/C22H25ClN4O3S/c1-5-24-21(28)15(3)31-22-26-25-20(13-30-18-10-8-17(29-4)9-11-18)27(22)16-7-6-14(2)19(23)12-16/h6-12,15H,5,13H2,1-4H3,(H,24,28). The van der Waals surface area contributed by atoms with E-state index in [4.69, 9.17) is 21.1 Å². The number of methoxy groups -OCH3 is 1. The highest BCUT2D eigenvalue weighted by molar-refractivity contribution is 8.00. The minimum atomic E-state index is -0.334. The lowest BCUT2D eigenvalue weighted by Gasteiger charge is -2.14. The van der Waals surface area contributed by atoms with E-state index in [9.17, 15) is 4.79 Å². The van der Waals surface area contributed by atoms with Crippen LogP contribution < -0.4 is 14.8 Å². The normalized spacial score (nSPS) is 11.8. The van der Waals surface area contributed by atoms with Crippen molar-refractivity contribution < 1.29 is 14.3 Å². The SMILES string of the molecule is CCNC(=O)C(C)Sc1nnc(COc2ccc(OC)cc2)n1-c1ccc(C)c(Cl)c1. The van der Waals surface area contributed by atoms with E-state index in [1.165, 1.54) is 11.8 Å². The smallest absolute Gasteiger partial charge is 0.233 e. The van der Waals surface area contributed by atoms with E-state index in [-0.39, 0.29) is 17.8 Å². The van der Waals surface area contributed by atoms with Gasteiger partial charge >= 0.3 is 0 Å². The van der Waals surface area contributed by atoms with Crippen molar-refractivity contribution in [2.75, 3.05) is 13.7 Å². The first-order valence-corrected chi connectivity index (χ1v) is 11.1. The van der Waals surface area contributed by atoms with Gasteiger partial charge in [-0.3, -0.25) is 9.36 Å². The summed E-state index contributed by atoms with van der Waals surface area (Å²) < 4.78 is 13.0. The molecule has 1 N–H and O–H groups in total. The monoisotopic (exact) mass is 460 g/mol. The van der Waals surface area contributed by atoms with Gasteiger partial charge in [-0.1, -0.05) is 29.4 Å². The summed E-state index contributed by atoms with van der Waals surface area (Å²) in [5.74, 6) is 1.98. The fourth-order valence-corrected chi connectivity index (χ4v) is 3.89. The highest BCUT2D eigenvalue weighted by Gasteiger charge is 2.21. The van der Waals surface area contributed by atoms with Crippen molar-refractivity contribution in [3.8, 4) is 17.2 Å². The Hall–Kier alpha value is -2.71. The first kappa shape index (κ1) is 23.0. The number of halogens is 1. The van der Waals surface area contributed by atoms with Gasteiger partial charge in [0, 0.05) is 11.6 Å². The number of nitrogens with one attached hydrogen (secondary N) is 1. The van der Waals surface area contributed by atoms with Crippen LogP contribution in [0.4, 0.5) is 0 Å². The molecule has 0 radical (unpaired) electrons. The van der Waals surface area contributed by atoms with Gasteiger partial charge in [0.25, 0.3) is 0 Å². The van der Waals surface area contributed by atoms with Crippen molar-refractivity contribution in [2.45, 2.75) is 37.8 Å². The topological polar surface area (TPSA) is 78.3 Å². The molecule has 164 valence electrons. The Kier molecular flexibility index (Phi) is 7.81. The third-order valence-electron chi connectivity index (χ3n) is 4.54. The van der Waals surface area contributed by atoms with Crippen LogP contribution in [0.15, 0.2) is 47.6 Å². The summed E-state index contributed by atoms with van der Waals surface area (Å²) in [5, 5.41) is 12.4. The number of thioether (sulfide) groups is 1. The zero-order chi connectivity index (χ0) is 22.4. The second-order valence-electron chi connectivity index (χ2n) is 6.79. The van der Waals surface area contributed by atoms with Crippen molar-refractivity contribution in [1.82, 2.24) is 20.1 Å². The number of aryl methyl sites for hydroxylation is 1. The van der Waals surface area contributed by atoms with Gasteiger partial charge in [0.15, 0.2) is 11.0 Å². The summed E-state index contributed by atoms with van der Waals surface area (Å²) in [6, 6.07) is 13.1. The van der Waals surface area contributed by atoms with Gasteiger partial charge in [-0.05, 0) is 62.7 Å². The molecule has 3 rings (SSSR count). The molecule has 3 aromatic rings. The number of ether oxygens (including phenoxy) is 2. The summed E-state index contributed by atoms with van der Waals surface area (Å²) in [5.41, 5.74) is 1.78. The number of hydrogen-bond acceptors (Lipinski definition) is 6. The third-order valence-corrected chi connectivity index (χ3v) is 5.99. The average Bonchev–Trinajstić information content (AvgIpc) is 3.17. The molecule has 0 aliphatic heterocycles. The molecular formula is C22H25ClN4O3S. The van der Waals surface area contributed by atoms with E-state index >= 15 is 0 Å². The van der Waals surface area contributed by atoms with E-state index in [2.05, 4.69) is 15.5 Å². The lowest BCUT2D eigenvalue weighted by Crippen LogP contribution is -2.30. The van der Waals surface area contributed by atoms with Gasteiger partial charge in [0.2, 0.25) is 5.91 Å². The number of rotatable bonds is 9. The molecule has 31 heavy (non-hydrogen) atoms. The number of amides is 1. The molecule has 0 bridgehead atoms. The van der Waals surface area contributed by atoms with E-state index in [0.29, 0.717) is 28.3 Å². The van der Waals surface area contributed by atoms with Gasteiger partial charge in [0.1, 0.15) is 18.1 Å². The second-order valence-corrected chi connectivity index (χ2v) is 8.50. The van der Waals surface area contributed by atoms with E-state index in [1.807, 2.05) is 67.8 Å². The predicted molar refractivity (Wildman–Crippen MR) is 122 cm³/mol. The minimum absolute atomic E-state index is 0.0555. The second kappa shape index (κ2) is 10.5. The van der Waals surface area contributed by atoms with Crippen molar-refractivity contribution >= 4 is 29.3 Å². The lowest BCUT2D eigenvalue weighted by molar-refractivity contribution is -0.120. The summed E-state index contributed by atoms with van der Waals surface area (Å²) >= 11 is 7.70. The van der Waals surface area contributed by atoms with Crippen LogP contribution in [0.2, 0.25) is 5.02 Å². The molecule has 1 aromatic heterocycles. The molecule has 0 aliphatic rings. The number of hydrogen-bond donors (Lipinski definition) is 1. The van der Waals surface area contributed by atoms with E-state index in [0.717, 1.165) is 17.0 Å². The molecule has 1 heterocycles. The van der Waals surface area contributed by atoms with E-state index in [1.54, 1.807) is 7.11 Å². The van der Waals surface area contributed by atoms with Crippen LogP contribution >= 0.6 is 23.4 Å². The van der Waals surface area contributed by atoms with Crippen LogP contribution in [0, 0.1) is 6.92 Å². The Morgan fingerprint density at radius 3 is 2.55 bits per heavy atom. The maximum Gasteiger partial charge on any atom is 0.233 e. The first-order valence-electron chi connectivity index (χ1n) is 9.85. The van der Waals surface area contributed by atoms with Gasteiger partial charge in [-0.25, -0.2) is 0 Å². The molecule has 9 heteroatoms. The fraction of sp³-hybridized carbons (Fsp3) is 0.318. The molecule has 0 saturated carbocycles. The maximum atomic E-state index is 12.2. The molecule has 0 saturated heterocycles. The van der Waals surface area contributed by atoms with Crippen molar-refractivity contribution in [2.24, 2.45) is 0 Å². The number of benzene rings is 2. The minimum Gasteiger partial charge on any atom is -0.497 e. The average molecular weight is 461 g/mol. The van der Waals surface area contributed by atoms with Gasteiger partial charge in [0.05, 0.1) is 18.0 Å². The van der Waals surface area contributed by atoms with Crippen molar-refractivity contribution in [3.63, 3.8) is 0 Å². The van der Waals surface area contributed by atoms with Crippen LogP contribution in [0.1, 0.15) is 25.2 Å². The number of carbonyl (C=O) groups is 1. The predicted octanol–water partition coefficient (Wildman–Crippen LogP) is 4.43. The highest BCUT2D eigenvalue weighted by atomic mass is 35.5. The van der Waals surface area contributed by atoms with Crippen LogP contribution in [-0.2, 0) is 11.4 Å². The quantitative estimate of drug-likeness (QED) is 0.476. The number of aromatic nitrogens is 3. The van der Waals surface area contributed by atoms with Crippen LogP contribution in [0.5, 0.6) is 11.5 Å². The Labute approximate surface area is 191 Å². The maximum absolute atomic E-state index is 12.2. The zero-order valence-corrected chi connectivity index (χ0v) is 19.5. The summed E-state index contributed by atoms with van der Waals surface area (Å²) in [6.07, 6.45) is 0. The molecule has 1 atom stereocenters. The Balaban J connectivity index is 1.89. The molecule has 1 unspecified atom stereocenters. The summed E-state index contributed by atoms with van der Waals surface area (Å²) in [7, 11) is 1.62. The summed E-state index contributed by atoms with van der Waals surface area (Å²) in [6.45, 7) is 6.44. The summed E-state index contributed by atoms with van der Waals surface area (Å²) in [4.78, 5) is 12.2. The Morgan fingerprint density at radius 2 is 1.90 bits per heavy atom. The fourth-order valence-electron chi connectivity index (χ4n) is 2.80. The van der Waals surface area contributed by atoms with Gasteiger partial charge in [-0.2, -0.15) is 0 Å².